The van der Waals surface area contributed by atoms with Gasteiger partial charge in [0.05, 0.1) is 16.5 Å². The quantitative estimate of drug-likeness (QED) is 0.507. The fraction of sp³-hybridized carbons (Fsp3) is 0.333. The van der Waals surface area contributed by atoms with Gasteiger partial charge in [-0.15, -0.1) is 0 Å². The predicted molar refractivity (Wildman–Crippen MR) is 122 cm³/mol. The van der Waals surface area contributed by atoms with Gasteiger partial charge in [-0.25, -0.2) is 22.5 Å². The van der Waals surface area contributed by atoms with E-state index in [1.165, 1.54) is 30.3 Å². The second-order valence-electron chi connectivity index (χ2n) is 8.48. The summed E-state index contributed by atoms with van der Waals surface area (Å²) in [6.07, 6.45) is 2.28. The molecule has 0 saturated heterocycles. The maximum absolute atomic E-state index is 13.1. The van der Waals surface area contributed by atoms with E-state index >= 15 is 0 Å². The highest BCUT2D eigenvalue weighted by atomic mass is 32.2. The fourth-order valence-electron chi connectivity index (χ4n) is 4.19. The summed E-state index contributed by atoms with van der Waals surface area (Å²) in [5.74, 6) is -0.701. The van der Waals surface area contributed by atoms with Gasteiger partial charge in [0.15, 0.2) is 0 Å². The van der Waals surface area contributed by atoms with Crippen LogP contribution in [0.15, 0.2) is 59.5 Å². The van der Waals surface area contributed by atoms with Crippen molar-refractivity contribution in [2.24, 2.45) is 5.92 Å². The van der Waals surface area contributed by atoms with Crippen LogP contribution in [-0.4, -0.2) is 30.5 Å². The molecule has 1 aliphatic rings. The Kier molecular flexibility index (Phi) is 6.62. The molecule has 1 heterocycles. The van der Waals surface area contributed by atoms with Crippen molar-refractivity contribution < 1.29 is 22.7 Å². The number of hydrogen-bond donors (Lipinski definition) is 3. The van der Waals surface area contributed by atoms with Gasteiger partial charge in [-0.2, -0.15) is 0 Å². The molecule has 3 aromatic rings. The van der Waals surface area contributed by atoms with Gasteiger partial charge in [0.1, 0.15) is 5.82 Å². The van der Waals surface area contributed by atoms with Crippen LogP contribution in [0, 0.1) is 11.7 Å². The first-order valence-corrected chi connectivity index (χ1v) is 12.4. The second-order valence-corrected chi connectivity index (χ2v) is 10.2. The molecule has 0 unspecified atom stereocenters. The number of rotatable bonds is 6. The van der Waals surface area contributed by atoms with Crippen LogP contribution in [0.25, 0.3) is 10.9 Å². The highest BCUT2D eigenvalue weighted by Gasteiger charge is 2.30. The van der Waals surface area contributed by atoms with E-state index in [0.29, 0.717) is 36.6 Å². The van der Waals surface area contributed by atoms with Crippen LogP contribution in [0.4, 0.5) is 4.39 Å². The van der Waals surface area contributed by atoms with Crippen molar-refractivity contribution in [3.8, 4) is 5.88 Å². The summed E-state index contributed by atoms with van der Waals surface area (Å²) in [7, 11) is -3.73. The number of nitrogens with zero attached hydrogens (tertiary/aromatic N) is 1. The minimum Gasteiger partial charge on any atom is -0.493 e. The summed E-state index contributed by atoms with van der Waals surface area (Å²) in [6.45, 7) is 1.85. The number of benzene rings is 2. The Morgan fingerprint density at radius 1 is 1.06 bits per heavy atom. The molecule has 33 heavy (non-hydrogen) atoms. The Bertz CT molecular complexity index is 1260. The second kappa shape index (κ2) is 9.44. The number of sulfonamides is 1. The number of aromatic hydroxyl groups is 1. The molecular formula is C24H26FN3O4S. The van der Waals surface area contributed by atoms with Crippen LogP contribution in [0.1, 0.15) is 44.2 Å². The molecule has 1 aliphatic carbocycles. The van der Waals surface area contributed by atoms with Gasteiger partial charge in [-0.05, 0) is 74.6 Å². The topological polar surface area (TPSA) is 108 Å². The Morgan fingerprint density at radius 3 is 2.45 bits per heavy atom. The number of aromatic nitrogens is 1. The summed E-state index contributed by atoms with van der Waals surface area (Å²) < 4.78 is 41.6. The maximum atomic E-state index is 13.1. The number of nitrogens with one attached hydrogen (secondary N) is 2. The highest BCUT2D eigenvalue weighted by molar-refractivity contribution is 7.89. The lowest BCUT2D eigenvalue weighted by Crippen LogP contribution is -2.41. The molecule has 9 heteroatoms. The molecule has 7 nitrogen and oxygen atoms in total. The van der Waals surface area contributed by atoms with Crippen molar-refractivity contribution in [1.29, 1.82) is 0 Å². The number of fused-ring (bicyclic) bond motifs is 1. The predicted octanol–water partition coefficient (Wildman–Crippen LogP) is 3.79. The zero-order valence-electron chi connectivity index (χ0n) is 18.2. The third-order valence-corrected chi connectivity index (χ3v) is 7.62. The van der Waals surface area contributed by atoms with Crippen LogP contribution in [0.3, 0.4) is 0 Å². The average molecular weight is 472 g/mol. The van der Waals surface area contributed by atoms with Crippen molar-refractivity contribution in [1.82, 2.24) is 15.0 Å². The van der Waals surface area contributed by atoms with E-state index < -0.39 is 10.0 Å². The number of hydrogen-bond acceptors (Lipinski definition) is 5. The van der Waals surface area contributed by atoms with Gasteiger partial charge in [0.2, 0.25) is 21.8 Å². The first kappa shape index (κ1) is 23.1. The van der Waals surface area contributed by atoms with Gasteiger partial charge < -0.3 is 10.4 Å². The molecule has 0 bridgehead atoms. The van der Waals surface area contributed by atoms with Gasteiger partial charge in [-0.3, -0.25) is 4.79 Å². The molecule has 0 radical (unpaired) electrons. The summed E-state index contributed by atoms with van der Waals surface area (Å²) in [5, 5.41) is 13.1. The van der Waals surface area contributed by atoms with Crippen molar-refractivity contribution >= 4 is 26.8 Å². The molecule has 1 aromatic heterocycles. The summed E-state index contributed by atoms with van der Waals surface area (Å²) in [4.78, 5) is 16.8. The standard InChI is InChI=1S/C24H26FN3O4S/c1-15(16-2-7-19(25)8-3-16)26-24(30)17-4-9-20(10-5-17)28-33(31,32)21-11-12-22-18(14-21)6-13-23(29)27-22/h2-3,6-8,11-15,17,20,28H,4-5,9-10H2,1H3,(H,26,30)(H,27,29)/t15-,17-,20-/m1/s1. The highest BCUT2D eigenvalue weighted by Crippen LogP contribution is 2.27. The summed E-state index contributed by atoms with van der Waals surface area (Å²) >= 11 is 0. The molecule has 0 spiro atoms. The Hall–Kier alpha value is -3.04. The molecular weight excluding hydrogens is 445 g/mol. The van der Waals surface area contributed by atoms with E-state index in [4.69, 9.17) is 0 Å². The monoisotopic (exact) mass is 471 g/mol. The van der Waals surface area contributed by atoms with Crippen LogP contribution in [0.5, 0.6) is 5.88 Å². The largest absolute Gasteiger partial charge is 0.493 e. The minimum absolute atomic E-state index is 0.0709. The average Bonchev–Trinajstić information content (AvgIpc) is 2.79. The molecule has 1 fully saturated rings. The lowest BCUT2D eigenvalue weighted by molar-refractivity contribution is -0.126. The smallest absolute Gasteiger partial charge is 0.240 e. The zero-order chi connectivity index (χ0) is 23.6. The molecule has 1 saturated carbocycles. The molecule has 1 amide bonds. The van der Waals surface area contributed by atoms with Crippen LogP contribution in [0.2, 0.25) is 0 Å². The summed E-state index contributed by atoms with van der Waals surface area (Å²) in [5.41, 5.74) is 1.34. The lowest BCUT2D eigenvalue weighted by atomic mass is 9.85. The molecule has 174 valence electrons. The van der Waals surface area contributed by atoms with Crippen molar-refractivity contribution in [3.63, 3.8) is 0 Å². The number of amides is 1. The Morgan fingerprint density at radius 2 is 1.76 bits per heavy atom. The van der Waals surface area contributed by atoms with E-state index in [-0.39, 0.29) is 40.5 Å². The van der Waals surface area contributed by atoms with E-state index in [0.717, 1.165) is 5.56 Å². The normalized spacial score (nSPS) is 19.8. The molecule has 1 atom stereocenters. The minimum atomic E-state index is -3.73. The third-order valence-electron chi connectivity index (χ3n) is 6.10. The van der Waals surface area contributed by atoms with Crippen molar-refractivity contribution in [2.45, 2.75) is 49.6 Å². The van der Waals surface area contributed by atoms with Crippen LogP contribution in [-0.2, 0) is 14.8 Å². The van der Waals surface area contributed by atoms with Crippen LogP contribution >= 0.6 is 0 Å². The molecule has 2 aromatic carbocycles. The van der Waals surface area contributed by atoms with Gasteiger partial charge in [0, 0.05) is 23.4 Å². The lowest BCUT2D eigenvalue weighted by Gasteiger charge is -2.29. The van der Waals surface area contributed by atoms with E-state index in [2.05, 4.69) is 15.0 Å². The van der Waals surface area contributed by atoms with Gasteiger partial charge in [0.25, 0.3) is 0 Å². The molecule has 0 aliphatic heterocycles. The fourth-order valence-corrected chi connectivity index (χ4v) is 5.53. The summed E-state index contributed by atoms with van der Waals surface area (Å²) in [6, 6.07) is 13.1. The first-order chi connectivity index (χ1) is 15.7. The van der Waals surface area contributed by atoms with E-state index in [9.17, 15) is 22.7 Å². The van der Waals surface area contributed by atoms with Crippen molar-refractivity contribution in [3.05, 3.63) is 66.0 Å². The number of carbonyl (C=O) groups excluding carboxylic acids is 1. The number of halogens is 1. The van der Waals surface area contributed by atoms with Crippen molar-refractivity contribution in [2.75, 3.05) is 0 Å². The SMILES string of the molecule is C[C@@H](NC(=O)[C@H]1CC[C@H](NS(=O)(=O)c2ccc3nc(O)ccc3c2)CC1)c1ccc(F)cc1. The maximum Gasteiger partial charge on any atom is 0.240 e. The van der Waals surface area contributed by atoms with E-state index in [1.807, 2.05) is 6.92 Å². The zero-order valence-corrected chi connectivity index (χ0v) is 19.0. The van der Waals surface area contributed by atoms with Gasteiger partial charge in [-0.1, -0.05) is 12.1 Å². The van der Waals surface area contributed by atoms with Crippen LogP contribution < -0.4 is 10.0 Å². The van der Waals surface area contributed by atoms with Gasteiger partial charge >= 0.3 is 0 Å². The number of pyridine rings is 1. The number of carbonyl (C=O) groups is 1. The Balaban J connectivity index is 1.33. The van der Waals surface area contributed by atoms with E-state index in [1.54, 1.807) is 24.3 Å². The first-order valence-electron chi connectivity index (χ1n) is 10.9. The molecule has 4 rings (SSSR count). The Labute approximate surface area is 192 Å². The third kappa shape index (κ3) is 5.48. The molecule has 3 N–H and O–H groups in total.